The highest BCUT2D eigenvalue weighted by atomic mass is 35.5. The average molecular weight is 380 g/mol. The number of halogens is 1. The van der Waals surface area contributed by atoms with Crippen molar-refractivity contribution in [3.05, 3.63) is 40.5 Å². The molecule has 0 saturated carbocycles. The normalized spacial score (nSPS) is 12.1. The summed E-state index contributed by atoms with van der Waals surface area (Å²) in [5.41, 5.74) is 1.44. The van der Waals surface area contributed by atoms with Gasteiger partial charge in [-0.1, -0.05) is 36.7 Å². The number of aryl methyl sites for hydroxylation is 2. The van der Waals surface area contributed by atoms with E-state index in [1.165, 1.54) is 6.92 Å². The second-order valence-electron chi connectivity index (χ2n) is 6.28. The summed E-state index contributed by atoms with van der Waals surface area (Å²) >= 11 is 5.93. The van der Waals surface area contributed by atoms with Crippen LogP contribution in [0.25, 0.3) is 0 Å². The van der Waals surface area contributed by atoms with Gasteiger partial charge in [-0.3, -0.25) is 9.59 Å². The van der Waals surface area contributed by atoms with Crippen LogP contribution in [-0.4, -0.2) is 28.1 Å². The van der Waals surface area contributed by atoms with Crippen LogP contribution in [0.5, 0.6) is 0 Å². The third-order valence-electron chi connectivity index (χ3n) is 3.68. The third-order valence-corrected chi connectivity index (χ3v) is 3.91. The number of benzene rings is 1. The maximum atomic E-state index is 12.2. The van der Waals surface area contributed by atoms with E-state index in [2.05, 4.69) is 15.5 Å². The quantitative estimate of drug-likeness (QED) is 0.738. The smallest absolute Gasteiger partial charge is 0.307 e. The summed E-state index contributed by atoms with van der Waals surface area (Å²) in [6.07, 6.45) is -0.622. The molecule has 1 aromatic heterocycles. The van der Waals surface area contributed by atoms with Crippen molar-refractivity contribution >= 4 is 29.2 Å². The van der Waals surface area contributed by atoms with Crippen molar-refractivity contribution in [2.45, 2.75) is 52.6 Å². The number of anilines is 1. The van der Waals surface area contributed by atoms with Gasteiger partial charge in [0.25, 0.3) is 5.91 Å². The summed E-state index contributed by atoms with van der Waals surface area (Å²) in [4.78, 5) is 28.3. The van der Waals surface area contributed by atoms with E-state index >= 15 is 0 Å². The Kier molecular flexibility index (Phi) is 6.74. The predicted molar refractivity (Wildman–Crippen MR) is 97.1 cm³/mol. The van der Waals surface area contributed by atoms with Crippen molar-refractivity contribution in [1.29, 1.82) is 0 Å². The molecule has 1 atom stereocenters. The molecular formula is C18H22ClN3O4. The van der Waals surface area contributed by atoms with E-state index in [1.807, 2.05) is 20.8 Å². The van der Waals surface area contributed by atoms with E-state index in [1.54, 1.807) is 18.2 Å². The van der Waals surface area contributed by atoms with Crippen molar-refractivity contribution in [3.63, 3.8) is 0 Å². The molecule has 7 nitrogen and oxygen atoms in total. The molecule has 1 aromatic carbocycles. The highest BCUT2D eigenvalue weighted by Crippen LogP contribution is 2.20. The van der Waals surface area contributed by atoms with Gasteiger partial charge >= 0.3 is 5.97 Å². The van der Waals surface area contributed by atoms with Crippen molar-refractivity contribution < 1.29 is 18.8 Å². The topological polar surface area (TPSA) is 94.3 Å². The number of rotatable bonds is 7. The maximum Gasteiger partial charge on any atom is 0.307 e. The van der Waals surface area contributed by atoms with E-state index < -0.39 is 18.0 Å². The van der Waals surface area contributed by atoms with E-state index in [9.17, 15) is 9.59 Å². The molecule has 0 fully saturated rings. The van der Waals surface area contributed by atoms with Gasteiger partial charge in [-0.05, 0) is 31.5 Å². The van der Waals surface area contributed by atoms with Crippen LogP contribution >= 0.6 is 11.6 Å². The fourth-order valence-corrected chi connectivity index (χ4v) is 2.26. The van der Waals surface area contributed by atoms with Gasteiger partial charge in [0.1, 0.15) is 0 Å². The van der Waals surface area contributed by atoms with Crippen LogP contribution in [-0.2, 0) is 20.7 Å². The van der Waals surface area contributed by atoms with Gasteiger partial charge < -0.3 is 14.6 Å². The molecule has 2 rings (SSSR count). The van der Waals surface area contributed by atoms with E-state index in [0.717, 1.165) is 5.56 Å². The van der Waals surface area contributed by atoms with Crippen LogP contribution in [0.15, 0.2) is 22.7 Å². The fourth-order valence-electron chi connectivity index (χ4n) is 2.09. The lowest BCUT2D eigenvalue weighted by molar-refractivity contribution is -0.153. The molecule has 0 saturated heterocycles. The van der Waals surface area contributed by atoms with Gasteiger partial charge in [0.15, 0.2) is 11.9 Å². The Morgan fingerprint density at radius 2 is 2.04 bits per heavy atom. The van der Waals surface area contributed by atoms with Crippen LogP contribution in [0.2, 0.25) is 5.02 Å². The summed E-state index contributed by atoms with van der Waals surface area (Å²) in [5.74, 6) is 0.178. The van der Waals surface area contributed by atoms with Gasteiger partial charge in [0, 0.05) is 23.0 Å². The van der Waals surface area contributed by atoms with E-state index in [-0.39, 0.29) is 18.8 Å². The minimum Gasteiger partial charge on any atom is -0.453 e. The lowest BCUT2D eigenvalue weighted by Gasteiger charge is -2.14. The van der Waals surface area contributed by atoms with Crippen LogP contribution < -0.4 is 5.32 Å². The lowest BCUT2D eigenvalue weighted by atomic mass is 10.2. The Labute approximate surface area is 157 Å². The number of hydrogen-bond acceptors (Lipinski definition) is 6. The standard InChI is InChI=1S/C18H22ClN3O4/c1-10(2)17-21-15(26-22-17)7-8-16(23)25-12(4)18(24)20-14-9-13(19)6-5-11(14)3/h5-6,9-10,12H,7-8H2,1-4H3,(H,20,24). The van der Waals surface area contributed by atoms with Gasteiger partial charge in [-0.2, -0.15) is 4.98 Å². The molecule has 1 heterocycles. The molecule has 1 amide bonds. The minimum absolute atomic E-state index is 0.0491. The predicted octanol–water partition coefficient (Wildman–Crippen LogP) is 3.66. The average Bonchev–Trinajstić information content (AvgIpc) is 3.05. The maximum absolute atomic E-state index is 12.2. The Morgan fingerprint density at radius 3 is 2.69 bits per heavy atom. The summed E-state index contributed by atoms with van der Waals surface area (Å²) in [6.45, 7) is 7.25. The number of amides is 1. The van der Waals surface area contributed by atoms with E-state index in [0.29, 0.717) is 22.4 Å². The lowest BCUT2D eigenvalue weighted by Crippen LogP contribution is -2.30. The summed E-state index contributed by atoms with van der Waals surface area (Å²) in [5, 5.41) is 7.05. The van der Waals surface area contributed by atoms with Crippen molar-refractivity contribution in [2.75, 3.05) is 5.32 Å². The van der Waals surface area contributed by atoms with E-state index in [4.69, 9.17) is 20.9 Å². The Bertz CT molecular complexity index is 788. The van der Waals surface area contributed by atoms with Crippen LogP contribution in [0.3, 0.4) is 0 Å². The molecule has 0 aliphatic heterocycles. The first-order valence-corrected chi connectivity index (χ1v) is 8.73. The first-order valence-electron chi connectivity index (χ1n) is 8.35. The molecule has 2 aromatic rings. The zero-order chi connectivity index (χ0) is 19.3. The number of carbonyl (C=O) groups excluding carboxylic acids is 2. The molecule has 0 spiro atoms. The Balaban J connectivity index is 1.83. The largest absolute Gasteiger partial charge is 0.453 e. The Morgan fingerprint density at radius 1 is 1.31 bits per heavy atom. The molecule has 8 heteroatoms. The highest BCUT2D eigenvalue weighted by Gasteiger charge is 2.19. The summed E-state index contributed by atoms with van der Waals surface area (Å²) < 4.78 is 10.2. The SMILES string of the molecule is Cc1ccc(Cl)cc1NC(=O)C(C)OC(=O)CCc1nc(C(C)C)no1. The van der Waals surface area contributed by atoms with Crippen molar-refractivity contribution in [1.82, 2.24) is 10.1 Å². The van der Waals surface area contributed by atoms with Crippen molar-refractivity contribution in [3.8, 4) is 0 Å². The van der Waals surface area contributed by atoms with Crippen LogP contribution in [0.4, 0.5) is 5.69 Å². The molecule has 0 aliphatic carbocycles. The molecule has 1 unspecified atom stereocenters. The van der Waals surface area contributed by atoms with Gasteiger partial charge in [-0.25, -0.2) is 0 Å². The highest BCUT2D eigenvalue weighted by molar-refractivity contribution is 6.31. The minimum atomic E-state index is -0.935. The number of ether oxygens (including phenoxy) is 1. The van der Waals surface area contributed by atoms with Crippen LogP contribution in [0.1, 0.15) is 50.4 Å². The summed E-state index contributed by atoms with van der Waals surface area (Å²) in [7, 11) is 0. The first-order chi connectivity index (χ1) is 12.3. The zero-order valence-corrected chi connectivity index (χ0v) is 16.0. The number of nitrogens with zero attached hydrogens (tertiary/aromatic N) is 2. The number of hydrogen-bond donors (Lipinski definition) is 1. The van der Waals surface area contributed by atoms with Gasteiger partial charge in [-0.15, -0.1) is 0 Å². The fraction of sp³-hybridized carbons (Fsp3) is 0.444. The molecule has 0 aliphatic rings. The second-order valence-corrected chi connectivity index (χ2v) is 6.72. The molecule has 140 valence electrons. The molecule has 26 heavy (non-hydrogen) atoms. The number of nitrogens with one attached hydrogen (secondary N) is 1. The Hall–Kier alpha value is -2.41. The molecular weight excluding hydrogens is 358 g/mol. The monoisotopic (exact) mass is 379 g/mol. The second kappa shape index (κ2) is 8.80. The molecule has 0 radical (unpaired) electrons. The molecule has 1 N–H and O–H groups in total. The summed E-state index contributed by atoms with van der Waals surface area (Å²) in [6, 6.07) is 5.17. The molecule has 0 bridgehead atoms. The third kappa shape index (κ3) is 5.56. The van der Waals surface area contributed by atoms with Gasteiger partial charge in [0.05, 0.1) is 6.42 Å². The zero-order valence-electron chi connectivity index (χ0n) is 15.2. The number of aromatic nitrogens is 2. The number of carbonyl (C=O) groups is 2. The van der Waals surface area contributed by atoms with Crippen molar-refractivity contribution in [2.24, 2.45) is 0 Å². The van der Waals surface area contributed by atoms with Crippen LogP contribution in [0, 0.1) is 6.92 Å². The van der Waals surface area contributed by atoms with Gasteiger partial charge in [0.2, 0.25) is 5.89 Å². The first kappa shape index (κ1) is 19.9. The number of esters is 1.